The van der Waals surface area contributed by atoms with E-state index in [1.165, 1.54) is 38.2 Å². The molecule has 5 aliphatic rings. The Morgan fingerprint density at radius 3 is 2.71 bits per heavy atom. The van der Waals surface area contributed by atoms with Crippen molar-refractivity contribution < 1.29 is 14.4 Å². The molecule has 0 spiro atoms. The molecule has 2 saturated heterocycles. The van der Waals surface area contributed by atoms with Gasteiger partial charge in [-0.25, -0.2) is 9.87 Å². The molecule has 4 fully saturated rings. The van der Waals surface area contributed by atoms with Gasteiger partial charge in [0.25, 0.3) is 5.91 Å². The van der Waals surface area contributed by atoms with Crippen molar-refractivity contribution in [3.63, 3.8) is 0 Å². The van der Waals surface area contributed by atoms with Gasteiger partial charge in [0.05, 0.1) is 0 Å². The molecular formula is C22H30FN3O2. The fourth-order valence-corrected chi connectivity index (χ4v) is 6.88. The first-order valence-corrected chi connectivity index (χ1v) is 10.8. The van der Waals surface area contributed by atoms with E-state index in [1.54, 1.807) is 11.5 Å². The van der Waals surface area contributed by atoms with E-state index in [0.29, 0.717) is 25.0 Å². The van der Waals surface area contributed by atoms with Crippen LogP contribution in [0.1, 0.15) is 66.9 Å². The number of piperidine rings is 2. The summed E-state index contributed by atoms with van der Waals surface area (Å²) in [5.41, 5.74) is 3.62. The molecule has 1 amide bonds. The third-order valence-electron chi connectivity index (χ3n) is 7.73. The minimum Gasteiger partial charge on any atom is -0.307 e. The van der Waals surface area contributed by atoms with Crippen molar-refractivity contribution in [2.45, 2.75) is 76.0 Å². The highest BCUT2D eigenvalue weighted by Crippen LogP contribution is 2.50. The van der Waals surface area contributed by atoms with Gasteiger partial charge in [-0.15, -0.1) is 0 Å². The SMILES string of the molecule is CC[C@H]1Cc2c(F)cc(C(=O)NO)cc2CN1CC12CC3CC(CC(C3)N1)C2. The molecule has 0 radical (unpaired) electrons. The maximum Gasteiger partial charge on any atom is 0.274 e. The normalized spacial score (nSPS) is 36.4. The number of rotatable bonds is 4. The van der Waals surface area contributed by atoms with E-state index in [0.717, 1.165) is 35.9 Å². The van der Waals surface area contributed by atoms with Crippen LogP contribution in [0.4, 0.5) is 4.39 Å². The Balaban J connectivity index is 1.42. The number of hydrogen-bond donors (Lipinski definition) is 3. The molecule has 6 rings (SSSR count). The monoisotopic (exact) mass is 387 g/mol. The standard InChI is InChI=1S/C22H30FN3O2/c1-2-18-8-19-16(6-15(7-20(19)23)21(27)25-28)11-26(18)12-22-9-13-3-14(10-22)5-17(4-13)24-22/h6-7,13-14,17-18,24,28H,2-5,8-12H2,1H3,(H,25,27)/t13?,14?,17?,18-,22?/m0/s1. The van der Waals surface area contributed by atoms with E-state index < -0.39 is 5.91 Å². The number of halogens is 1. The summed E-state index contributed by atoms with van der Waals surface area (Å²) in [5.74, 6) is 0.747. The summed E-state index contributed by atoms with van der Waals surface area (Å²) >= 11 is 0. The summed E-state index contributed by atoms with van der Waals surface area (Å²) in [6.45, 7) is 3.86. The highest BCUT2D eigenvalue weighted by molar-refractivity contribution is 5.93. The van der Waals surface area contributed by atoms with Gasteiger partial charge < -0.3 is 5.32 Å². The van der Waals surface area contributed by atoms with Crippen molar-refractivity contribution in [1.82, 2.24) is 15.7 Å². The number of nitrogens with one attached hydrogen (secondary N) is 2. The number of fused-ring (bicyclic) bond motifs is 1. The molecule has 3 aliphatic heterocycles. The molecular weight excluding hydrogens is 357 g/mol. The van der Waals surface area contributed by atoms with E-state index in [2.05, 4.69) is 17.1 Å². The van der Waals surface area contributed by atoms with Crippen LogP contribution in [-0.2, 0) is 13.0 Å². The second kappa shape index (κ2) is 6.78. The Bertz CT molecular complexity index is 761. The van der Waals surface area contributed by atoms with Crippen molar-refractivity contribution in [2.24, 2.45) is 11.8 Å². The van der Waals surface area contributed by atoms with Gasteiger partial charge >= 0.3 is 0 Å². The molecule has 5 nitrogen and oxygen atoms in total. The molecule has 152 valence electrons. The quantitative estimate of drug-likeness (QED) is 0.549. The second-order valence-electron chi connectivity index (χ2n) is 9.68. The van der Waals surface area contributed by atoms with Gasteiger partial charge in [-0.2, -0.15) is 0 Å². The number of benzene rings is 1. The van der Waals surface area contributed by atoms with Crippen LogP contribution in [-0.4, -0.2) is 40.2 Å². The number of amides is 1. The summed E-state index contributed by atoms with van der Waals surface area (Å²) in [4.78, 5) is 14.3. The number of carbonyl (C=O) groups is 1. The van der Waals surface area contributed by atoms with Crippen molar-refractivity contribution in [2.75, 3.05) is 6.54 Å². The Morgan fingerprint density at radius 2 is 2.07 bits per heavy atom. The van der Waals surface area contributed by atoms with E-state index in [-0.39, 0.29) is 16.9 Å². The lowest BCUT2D eigenvalue weighted by Gasteiger charge is -2.59. The zero-order valence-electron chi connectivity index (χ0n) is 16.5. The van der Waals surface area contributed by atoms with Gasteiger partial charge in [0, 0.05) is 36.3 Å². The molecule has 3 N–H and O–H groups in total. The maximum atomic E-state index is 14.7. The van der Waals surface area contributed by atoms with Crippen molar-refractivity contribution >= 4 is 5.91 Å². The number of carbonyl (C=O) groups excluding carboxylic acids is 1. The topological polar surface area (TPSA) is 64.6 Å². The van der Waals surface area contributed by atoms with Gasteiger partial charge in [0.1, 0.15) is 5.82 Å². The molecule has 6 heteroatoms. The first-order chi connectivity index (χ1) is 13.5. The van der Waals surface area contributed by atoms with Gasteiger partial charge in [0.15, 0.2) is 0 Å². The van der Waals surface area contributed by atoms with Crippen LogP contribution < -0.4 is 10.8 Å². The zero-order chi connectivity index (χ0) is 19.5. The summed E-state index contributed by atoms with van der Waals surface area (Å²) in [6, 6.07) is 4.00. The average molecular weight is 387 g/mol. The highest BCUT2D eigenvalue weighted by atomic mass is 19.1. The summed E-state index contributed by atoms with van der Waals surface area (Å²) in [5, 5.41) is 12.9. The summed E-state index contributed by atoms with van der Waals surface area (Å²) < 4.78 is 14.7. The molecule has 28 heavy (non-hydrogen) atoms. The lowest BCUT2D eigenvalue weighted by molar-refractivity contribution is -0.0309. The van der Waals surface area contributed by atoms with E-state index in [1.807, 2.05) is 0 Å². The highest BCUT2D eigenvalue weighted by Gasteiger charge is 2.51. The first kappa shape index (κ1) is 18.5. The lowest BCUT2D eigenvalue weighted by Crippen LogP contribution is -2.68. The lowest BCUT2D eigenvalue weighted by atomic mass is 9.59. The Labute approximate surface area is 165 Å². The summed E-state index contributed by atoms with van der Waals surface area (Å²) in [6.07, 6.45) is 8.29. The smallest absolute Gasteiger partial charge is 0.274 e. The second-order valence-corrected chi connectivity index (χ2v) is 9.68. The first-order valence-electron chi connectivity index (χ1n) is 10.8. The third kappa shape index (κ3) is 3.06. The molecule has 1 aromatic carbocycles. The van der Waals surface area contributed by atoms with Gasteiger partial charge in [-0.1, -0.05) is 6.92 Å². The predicted molar refractivity (Wildman–Crippen MR) is 104 cm³/mol. The fraction of sp³-hybridized carbons (Fsp3) is 0.682. The van der Waals surface area contributed by atoms with Gasteiger partial charge in [-0.05, 0) is 80.0 Å². The number of hydroxylamine groups is 1. The molecule has 0 aromatic heterocycles. The minimum absolute atomic E-state index is 0.182. The van der Waals surface area contributed by atoms with Crippen molar-refractivity contribution in [3.8, 4) is 0 Å². The summed E-state index contributed by atoms with van der Waals surface area (Å²) in [7, 11) is 0. The van der Waals surface area contributed by atoms with Gasteiger partial charge in [0.2, 0.25) is 0 Å². The number of hydrogen-bond acceptors (Lipinski definition) is 4. The molecule has 2 saturated carbocycles. The average Bonchev–Trinajstić information content (AvgIpc) is 2.65. The van der Waals surface area contributed by atoms with E-state index in [9.17, 15) is 9.18 Å². The van der Waals surface area contributed by atoms with Crippen LogP contribution in [0.3, 0.4) is 0 Å². The third-order valence-corrected chi connectivity index (χ3v) is 7.73. The molecule has 4 bridgehead atoms. The maximum absolute atomic E-state index is 14.7. The van der Waals surface area contributed by atoms with E-state index >= 15 is 0 Å². The Morgan fingerprint density at radius 1 is 1.32 bits per heavy atom. The molecule has 2 aliphatic carbocycles. The molecule has 1 aromatic rings. The van der Waals surface area contributed by atoms with Crippen LogP contribution in [0, 0.1) is 17.7 Å². The van der Waals surface area contributed by atoms with Gasteiger partial charge in [-0.3, -0.25) is 14.9 Å². The fourth-order valence-electron chi connectivity index (χ4n) is 6.88. The minimum atomic E-state index is -0.659. The van der Waals surface area contributed by atoms with Crippen LogP contribution >= 0.6 is 0 Å². The van der Waals surface area contributed by atoms with Crippen LogP contribution in [0.2, 0.25) is 0 Å². The molecule has 2 unspecified atom stereocenters. The predicted octanol–water partition coefficient (Wildman–Crippen LogP) is 3.00. The Kier molecular flexibility index (Phi) is 4.49. The van der Waals surface area contributed by atoms with Crippen molar-refractivity contribution in [3.05, 3.63) is 34.6 Å². The van der Waals surface area contributed by atoms with E-state index in [4.69, 9.17) is 5.21 Å². The molecule has 3 atom stereocenters. The van der Waals surface area contributed by atoms with Crippen LogP contribution in [0.15, 0.2) is 12.1 Å². The van der Waals surface area contributed by atoms with Crippen molar-refractivity contribution in [1.29, 1.82) is 0 Å². The Hall–Kier alpha value is -1.50. The number of nitrogens with zero attached hydrogens (tertiary/aromatic N) is 1. The molecule has 3 heterocycles. The van der Waals surface area contributed by atoms with Crippen LogP contribution in [0.5, 0.6) is 0 Å². The largest absolute Gasteiger partial charge is 0.307 e. The van der Waals surface area contributed by atoms with Crippen LogP contribution in [0.25, 0.3) is 0 Å². The zero-order valence-corrected chi connectivity index (χ0v) is 16.5.